The van der Waals surface area contributed by atoms with Crippen molar-refractivity contribution < 1.29 is 4.74 Å². The molecule has 24 heavy (non-hydrogen) atoms. The molecule has 0 amide bonds. The fourth-order valence-corrected chi connectivity index (χ4v) is 3.89. The van der Waals surface area contributed by atoms with Crippen molar-refractivity contribution >= 4 is 11.3 Å². The lowest BCUT2D eigenvalue weighted by Gasteiger charge is -2.26. The van der Waals surface area contributed by atoms with Gasteiger partial charge in [0.15, 0.2) is 0 Å². The van der Waals surface area contributed by atoms with E-state index >= 15 is 0 Å². The molecule has 0 aromatic carbocycles. The monoisotopic (exact) mass is 354 g/mol. The molecular formula is C20H38N2OS. The van der Waals surface area contributed by atoms with Crippen LogP contribution in [0.1, 0.15) is 83.7 Å². The molecule has 0 N–H and O–H groups in total. The summed E-state index contributed by atoms with van der Waals surface area (Å²) in [5.74, 6) is 0.854. The van der Waals surface area contributed by atoms with Crippen molar-refractivity contribution in [2.75, 3.05) is 19.7 Å². The quantitative estimate of drug-likeness (QED) is 0.487. The molecule has 0 bridgehead atoms. The predicted octanol–water partition coefficient (Wildman–Crippen LogP) is 5.92. The first-order valence-corrected chi connectivity index (χ1v) is 10.9. The Hall–Kier alpha value is -0.610. The van der Waals surface area contributed by atoms with E-state index in [0.29, 0.717) is 0 Å². The molecule has 0 spiro atoms. The molecule has 1 aliphatic rings. The summed E-state index contributed by atoms with van der Waals surface area (Å²) in [7, 11) is 0. The highest BCUT2D eigenvalue weighted by Crippen LogP contribution is 2.30. The van der Waals surface area contributed by atoms with E-state index in [1.807, 2.05) is 13.8 Å². The molecule has 0 saturated heterocycles. The van der Waals surface area contributed by atoms with Crippen molar-refractivity contribution in [1.29, 1.82) is 0 Å². The molecular weight excluding hydrogens is 316 g/mol. The smallest absolute Gasteiger partial charge is 0.273 e. The van der Waals surface area contributed by atoms with Gasteiger partial charge in [0.1, 0.15) is 0 Å². The number of aromatic nitrogens is 1. The summed E-state index contributed by atoms with van der Waals surface area (Å²) in [4.78, 5) is 8.70. The summed E-state index contributed by atoms with van der Waals surface area (Å²) in [6, 6.07) is 0. The number of nitrogens with zero attached hydrogens (tertiary/aromatic N) is 2. The van der Waals surface area contributed by atoms with Gasteiger partial charge >= 0.3 is 0 Å². The summed E-state index contributed by atoms with van der Waals surface area (Å²) in [6.45, 7) is 15.0. The van der Waals surface area contributed by atoms with Crippen LogP contribution in [0.4, 0.5) is 0 Å². The SMILES string of the molecule is CC.CCCCC[C@@H](C)CCN1CCc2sc(OCCC)nc2C1. The van der Waals surface area contributed by atoms with Gasteiger partial charge in [-0.3, -0.25) is 4.90 Å². The van der Waals surface area contributed by atoms with Crippen LogP contribution in [0.2, 0.25) is 0 Å². The van der Waals surface area contributed by atoms with Crippen LogP contribution in [0.15, 0.2) is 0 Å². The maximum atomic E-state index is 5.69. The zero-order valence-corrected chi connectivity index (χ0v) is 17.4. The highest BCUT2D eigenvalue weighted by molar-refractivity contribution is 7.13. The van der Waals surface area contributed by atoms with Gasteiger partial charge < -0.3 is 4.74 Å². The molecule has 3 nitrogen and oxygen atoms in total. The van der Waals surface area contributed by atoms with Crippen molar-refractivity contribution in [3.8, 4) is 5.19 Å². The summed E-state index contributed by atoms with van der Waals surface area (Å²) in [5.41, 5.74) is 1.26. The van der Waals surface area contributed by atoms with E-state index < -0.39 is 0 Å². The van der Waals surface area contributed by atoms with E-state index in [1.54, 1.807) is 11.3 Å². The maximum absolute atomic E-state index is 5.69. The molecule has 0 saturated carbocycles. The van der Waals surface area contributed by atoms with E-state index in [2.05, 4.69) is 30.7 Å². The molecule has 1 aromatic rings. The van der Waals surface area contributed by atoms with Crippen LogP contribution in [0.25, 0.3) is 0 Å². The fourth-order valence-electron chi connectivity index (χ4n) is 2.96. The normalized spacial score (nSPS) is 15.4. The summed E-state index contributed by atoms with van der Waals surface area (Å²) in [5, 5.41) is 0.877. The molecule has 140 valence electrons. The van der Waals surface area contributed by atoms with Crippen LogP contribution in [-0.4, -0.2) is 29.6 Å². The summed E-state index contributed by atoms with van der Waals surface area (Å²) in [6.07, 6.45) is 9.01. The lowest BCUT2D eigenvalue weighted by molar-refractivity contribution is 0.230. The number of unbranched alkanes of at least 4 members (excludes halogenated alkanes) is 2. The molecule has 0 unspecified atom stereocenters. The van der Waals surface area contributed by atoms with Gasteiger partial charge in [-0.25, -0.2) is 4.98 Å². The minimum absolute atomic E-state index is 0.783. The molecule has 2 heterocycles. The highest BCUT2D eigenvalue weighted by Gasteiger charge is 2.21. The zero-order chi connectivity index (χ0) is 17.8. The van der Waals surface area contributed by atoms with E-state index in [-0.39, 0.29) is 0 Å². The Morgan fingerprint density at radius 1 is 1.17 bits per heavy atom. The van der Waals surface area contributed by atoms with Crippen molar-refractivity contribution in [2.45, 2.75) is 86.1 Å². The minimum atomic E-state index is 0.783. The first kappa shape index (κ1) is 21.4. The van der Waals surface area contributed by atoms with Gasteiger partial charge in [0, 0.05) is 18.0 Å². The Bertz CT molecular complexity index is 433. The van der Waals surface area contributed by atoms with Gasteiger partial charge in [-0.1, -0.05) is 71.6 Å². The zero-order valence-electron chi connectivity index (χ0n) is 16.6. The summed E-state index contributed by atoms with van der Waals surface area (Å²) >= 11 is 1.76. The number of hydrogen-bond donors (Lipinski definition) is 0. The number of fused-ring (bicyclic) bond motifs is 1. The van der Waals surface area contributed by atoms with E-state index in [9.17, 15) is 0 Å². The Morgan fingerprint density at radius 3 is 2.67 bits per heavy atom. The van der Waals surface area contributed by atoms with Crippen molar-refractivity contribution in [1.82, 2.24) is 9.88 Å². The van der Waals surface area contributed by atoms with Gasteiger partial charge in [0.2, 0.25) is 0 Å². The molecule has 2 rings (SSSR count). The second-order valence-electron chi connectivity index (χ2n) is 6.61. The Labute approximate surface area is 153 Å². The Morgan fingerprint density at radius 2 is 1.96 bits per heavy atom. The van der Waals surface area contributed by atoms with Gasteiger partial charge in [0.25, 0.3) is 5.19 Å². The van der Waals surface area contributed by atoms with Crippen LogP contribution < -0.4 is 4.74 Å². The molecule has 0 aliphatic carbocycles. The first-order valence-electron chi connectivity index (χ1n) is 10.1. The third-order valence-electron chi connectivity index (χ3n) is 4.46. The third-order valence-corrected chi connectivity index (χ3v) is 5.53. The topological polar surface area (TPSA) is 25.4 Å². The van der Waals surface area contributed by atoms with Crippen LogP contribution in [0.5, 0.6) is 5.19 Å². The van der Waals surface area contributed by atoms with Crippen molar-refractivity contribution in [3.63, 3.8) is 0 Å². The fraction of sp³-hybridized carbons (Fsp3) is 0.850. The average Bonchev–Trinajstić information content (AvgIpc) is 3.02. The molecule has 1 atom stereocenters. The van der Waals surface area contributed by atoms with Crippen LogP contribution >= 0.6 is 11.3 Å². The largest absolute Gasteiger partial charge is 0.470 e. The van der Waals surface area contributed by atoms with Crippen molar-refractivity contribution in [3.05, 3.63) is 10.6 Å². The predicted molar refractivity (Wildman–Crippen MR) is 106 cm³/mol. The van der Waals surface area contributed by atoms with E-state index in [0.717, 1.165) is 37.1 Å². The Kier molecular flexibility index (Phi) is 11.4. The molecule has 4 heteroatoms. The number of ether oxygens (including phenoxy) is 1. The third kappa shape index (κ3) is 7.52. The highest BCUT2D eigenvalue weighted by atomic mass is 32.1. The van der Waals surface area contributed by atoms with Gasteiger partial charge in [-0.2, -0.15) is 0 Å². The first-order chi connectivity index (χ1) is 11.7. The molecule has 1 aromatic heterocycles. The van der Waals surface area contributed by atoms with Crippen LogP contribution in [0.3, 0.4) is 0 Å². The van der Waals surface area contributed by atoms with Gasteiger partial charge in [0.05, 0.1) is 12.3 Å². The molecule has 0 fully saturated rings. The summed E-state index contributed by atoms with van der Waals surface area (Å²) < 4.78 is 5.69. The standard InChI is InChI=1S/C18H32N2OS.C2H6/c1-4-6-7-8-15(3)9-11-20-12-10-17-16(14-20)19-18(22-17)21-13-5-2;1-2/h15H,4-14H2,1-3H3;1-2H3/t15-;/m1./s1. The second kappa shape index (κ2) is 12.7. The van der Waals surface area contributed by atoms with E-state index in [4.69, 9.17) is 4.74 Å². The van der Waals surface area contributed by atoms with Gasteiger partial charge in [-0.05, 0) is 31.7 Å². The van der Waals surface area contributed by atoms with Crippen LogP contribution in [0, 0.1) is 5.92 Å². The van der Waals surface area contributed by atoms with E-state index in [1.165, 1.54) is 55.8 Å². The Balaban J connectivity index is 0.00000139. The molecule has 1 aliphatic heterocycles. The van der Waals surface area contributed by atoms with Crippen LogP contribution in [-0.2, 0) is 13.0 Å². The van der Waals surface area contributed by atoms with Gasteiger partial charge in [-0.15, -0.1) is 0 Å². The maximum Gasteiger partial charge on any atom is 0.273 e. The molecule has 0 radical (unpaired) electrons. The van der Waals surface area contributed by atoms with Crippen molar-refractivity contribution in [2.24, 2.45) is 5.92 Å². The lowest BCUT2D eigenvalue weighted by atomic mass is 9.99. The number of hydrogen-bond acceptors (Lipinski definition) is 4. The minimum Gasteiger partial charge on any atom is -0.470 e. The number of rotatable bonds is 10. The lowest BCUT2D eigenvalue weighted by Crippen LogP contribution is -2.31. The second-order valence-corrected chi connectivity index (χ2v) is 7.66. The average molecular weight is 355 g/mol. The number of thiazole rings is 1.